The Labute approximate surface area is 187 Å². The summed E-state index contributed by atoms with van der Waals surface area (Å²) in [7, 11) is 1.75. The average molecular weight is 427 g/mol. The quantitative estimate of drug-likeness (QED) is 0.360. The van der Waals surface area contributed by atoms with Gasteiger partial charge in [-0.25, -0.2) is 0 Å². The number of aliphatic hydroxyl groups excluding tert-OH is 1. The Morgan fingerprint density at radius 1 is 0.839 bits per heavy atom. The minimum absolute atomic E-state index is 0.301. The maximum Gasteiger partial charge on any atom is 0.313 e. The molecular formula is C27H38O4. The van der Waals surface area contributed by atoms with E-state index in [1.807, 2.05) is 48.5 Å². The SMILES string of the molecule is COC(C)(CCCCC(O)CCCCC(C)(C(=O)O)c1ccccc1)c1ccccc1. The van der Waals surface area contributed by atoms with Crippen LogP contribution in [0.5, 0.6) is 0 Å². The lowest BCUT2D eigenvalue weighted by molar-refractivity contribution is -0.143. The van der Waals surface area contributed by atoms with Crippen molar-refractivity contribution >= 4 is 5.97 Å². The minimum atomic E-state index is -0.881. The molecule has 3 atom stereocenters. The number of carboxylic acid groups (broad SMARTS) is 1. The number of carboxylic acids is 1. The first-order valence-electron chi connectivity index (χ1n) is 11.4. The first-order valence-corrected chi connectivity index (χ1v) is 11.4. The van der Waals surface area contributed by atoms with Gasteiger partial charge in [-0.2, -0.15) is 0 Å². The fourth-order valence-electron chi connectivity index (χ4n) is 4.18. The Hall–Kier alpha value is -2.17. The second kappa shape index (κ2) is 12.0. The van der Waals surface area contributed by atoms with Gasteiger partial charge in [0.2, 0.25) is 0 Å². The number of hydrogen-bond acceptors (Lipinski definition) is 3. The van der Waals surface area contributed by atoms with Crippen molar-refractivity contribution in [2.75, 3.05) is 7.11 Å². The number of benzene rings is 2. The summed E-state index contributed by atoms with van der Waals surface area (Å²) in [6.45, 7) is 3.91. The van der Waals surface area contributed by atoms with Gasteiger partial charge in [-0.3, -0.25) is 4.79 Å². The zero-order valence-electron chi connectivity index (χ0n) is 19.2. The Morgan fingerprint density at radius 3 is 1.81 bits per heavy atom. The predicted octanol–water partition coefficient (Wildman–Crippen LogP) is 6.07. The van der Waals surface area contributed by atoms with E-state index in [4.69, 9.17) is 4.74 Å². The van der Waals surface area contributed by atoms with Crippen LogP contribution in [0.4, 0.5) is 0 Å². The van der Waals surface area contributed by atoms with Crippen molar-refractivity contribution in [3.8, 4) is 0 Å². The summed E-state index contributed by atoms with van der Waals surface area (Å²) in [6.07, 6.45) is 6.18. The number of aliphatic carboxylic acids is 1. The zero-order chi connectivity index (χ0) is 22.7. The van der Waals surface area contributed by atoms with Gasteiger partial charge in [0.1, 0.15) is 0 Å². The second-order valence-corrected chi connectivity index (χ2v) is 8.95. The third-order valence-corrected chi connectivity index (χ3v) is 6.62. The van der Waals surface area contributed by atoms with Crippen LogP contribution >= 0.6 is 0 Å². The molecule has 3 unspecified atom stereocenters. The molecule has 2 aromatic rings. The first-order chi connectivity index (χ1) is 14.8. The van der Waals surface area contributed by atoms with Crippen LogP contribution in [-0.4, -0.2) is 29.4 Å². The zero-order valence-corrected chi connectivity index (χ0v) is 19.2. The van der Waals surface area contributed by atoms with Crippen molar-refractivity contribution in [3.63, 3.8) is 0 Å². The van der Waals surface area contributed by atoms with Crippen molar-refractivity contribution < 1.29 is 19.7 Å². The number of hydrogen-bond donors (Lipinski definition) is 2. The van der Waals surface area contributed by atoms with Crippen LogP contribution in [0.2, 0.25) is 0 Å². The molecule has 0 fully saturated rings. The minimum Gasteiger partial charge on any atom is -0.481 e. The smallest absolute Gasteiger partial charge is 0.313 e. The van der Waals surface area contributed by atoms with Gasteiger partial charge in [-0.15, -0.1) is 0 Å². The topological polar surface area (TPSA) is 66.8 Å². The Balaban J connectivity index is 1.70. The Bertz CT molecular complexity index is 776. The van der Waals surface area contributed by atoms with Gasteiger partial charge in [-0.05, 0) is 50.7 Å². The van der Waals surface area contributed by atoms with Crippen molar-refractivity contribution in [1.82, 2.24) is 0 Å². The molecule has 4 nitrogen and oxygen atoms in total. The largest absolute Gasteiger partial charge is 0.481 e. The fourth-order valence-corrected chi connectivity index (χ4v) is 4.18. The second-order valence-electron chi connectivity index (χ2n) is 8.95. The normalized spacial score (nSPS) is 16.3. The van der Waals surface area contributed by atoms with E-state index in [1.54, 1.807) is 14.0 Å². The van der Waals surface area contributed by atoms with Crippen LogP contribution in [-0.2, 0) is 20.5 Å². The third-order valence-electron chi connectivity index (χ3n) is 6.62. The molecule has 0 aliphatic rings. The van der Waals surface area contributed by atoms with Gasteiger partial charge in [0, 0.05) is 7.11 Å². The highest BCUT2D eigenvalue weighted by atomic mass is 16.5. The molecule has 2 N–H and O–H groups in total. The van der Waals surface area contributed by atoms with Crippen molar-refractivity contribution in [2.45, 2.75) is 82.3 Å². The maximum absolute atomic E-state index is 11.9. The summed E-state index contributed by atoms with van der Waals surface area (Å²) >= 11 is 0. The van der Waals surface area contributed by atoms with Crippen molar-refractivity contribution in [3.05, 3.63) is 71.8 Å². The van der Waals surface area contributed by atoms with Gasteiger partial charge in [0.25, 0.3) is 0 Å². The summed E-state index contributed by atoms with van der Waals surface area (Å²) in [5.74, 6) is -0.793. The average Bonchev–Trinajstić information content (AvgIpc) is 2.80. The Morgan fingerprint density at radius 2 is 1.32 bits per heavy atom. The molecule has 31 heavy (non-hydrogen) atoms. The monoisotopic (exact) mass is 426 g/mol. The van der Waals surface area contributed by atoms with E-state index in [1.165, 1.54) is 5.56 Å². The third kappa shape index (κ3) is 7.19. The highest BCUT2D eigenvalue weighted by molar-refractivity contribution is 5.80. The lowest BCUT2D eigenvalue weighted by Gasteiger charge is -2.29. The molecule has 0 radical (unpaired) electrons. The van der Waals surface area contributed by atoms with Gasteiger partial charge in [0.05, 0.1) is 17.1 Å². The van der Waals surface area contributed by atoms with Gasteiger partial charge >= 0.3 is 5.97 Å². The fraction of sp³-hybridized carbons (Fsp3) is 0.519. The van der Waals surface area contributed by atoms with Gasteiger partial charge in [-0.1, -0.05) is 86.3 Å². The van der Waals surface area contributed by atoms with Crippen LogP contribution in [0.25, 0.3) is 0 Å². The van der Waals surface area contributed by atoms with Gasteiger partial charge < -0.3 is 14.9 Å². The summed E-state index contributed by atoms with van der Waals surface area (Å²) < 4.78 is 5.79. The molecule has 0 aliphatic heterocycles. The molecule has 0 saturated heterocycles. The van der Waals surface area contributed by atoms with E-state index >= 15 is 0 Å². The van der Waals surface area contributed by atoms with E-state index in [2.05, 4.69) is 19.1 Å². The number of methoxy groups -OCH3 is 1. The van der Waals surface area contributed by atoms with Crippen LogP contribution in [0.15, 0.2) is 60.7 Å². The van der Waals surface area contributed by atoms with E-state index < -0.39 is 11.4 Å². The standard InChI is InChI=1S/C27H38O4/c1-26(25(29)30,22-14-6-4-7-15-22)20-12-10-18-24(28)19-11-13-21-27(2,31-3)23-16-8-5-9-17-23/h4-9,14-17,24,28H,10-13,18-21H2,1-3H3,(H,29,30). The molecule has 0 aromatic heterocycles. The van der Waals surface area contributed by atoms with E-state index in [-0.39, 0.29) is 11.7 Å². The number of aliphatic hydroxyl groups is 1. The molecule has 4 heteroatoms. The molecular weight excluding hydrogens is 388 g/mol. The summed E-state index contributed by atoms with van der Waals surface area (Å²) in [5, 5.41) is 20.1. The van der Waals surface area contributed by atoms with Crippen LogP contribution in [0.1, 0.15) is 76.3 Å². The van der Waals surface area contributed by atoms with Crippen LogP contribution in [0.3, 0.4) is 0 Å². The van der Waals surface area contributed by atoms with Crippen LogP contribution < -0.4 is 0 Å². The molecule has 0 heterocycles. The number of carbonyl (C=O) groups is 1. The first kappa shape index (κ1) is 25.1. The van der Waals surface area contributed by atoms with Crippen LogP contribution in [0, 0.1) is 0 Å². The summed E-state index contributed by atoms with van der Waals surface area (Å²) in [5.41, 5.74) is 0.833. The van der Waals surface area contributed by atoms with Gasteiger partial charge in [0.15, 0.2) is 0 Å². The summed E-state index contributed by atoms with van der Waals surface area (Å²) in [4.78, 5) is 11.9. The number of ether oxygens (including phenoxy) is 1. The predicted molar refractivity (Wildman–Crippen MR) is 125 cm³/mol. The van der Waals surface area contributed by atoms with E-state index in [0.29, 0.717) is 12.8 Å². The molecule has 2 rings (SSSR count). The molecule has 0 spiro atoms. The summed E-state index contributed by atoms with van der Waals surface area (Å²) in [6, 6.07) is 19.7. The maximum atomic E-state index is 11.9. The van der Waals surface area contributed by atoms with E-state index in [9.17, 15) is 15.0 Å². The molecule has 170 valence electrons. The molecule has 2 aromatic carbocycles. The Kier molecular flexibility index (Phi) is 9.73. The molecule has 0 aliphatic carbocycles. The highest BCUT2D eigenvalue weighted by Crippen LogP contribution is 2.32. The molecule has 0 amide bonds. The lowest BCUT2D eigenvalue weighted by atomic mass is 9.78. The highest BCUT2D eigenvalue weighted by Gasteiger charge is 2.34. The molecule has 0 bridgehead atoms. The van der Waals surface area contributed by atoms with Crippen molar-refractivity contribution in [1.29, 1.82) is 0 Å². The lowest BCUT2D eigenvalue weighted by Crippen LogP contribution is -2.32. The number of rotatable bonds is 14. The number of unbranched alkanes of at least 4 members (excludes halogenated alkanes) is 2. The van der Waals surface area contributed by atoms with Crippen molar-refractivity contribution in [2.24, 2.45) is 0 Å². The van der Waals surface area contributed by atoms with E-state index in [0.717, 1.165) is 44.1 Å². The molecule has 0 saturated carbocycles.